The first-order chi connectivity index (χ1) is 13.3. The van der Waals surface area contributed by atoms with Gasteiger partial charge in [0, 0.05) is 25.2 Å². The number of nitrogens with zero attached hydrogens (tertiary/aromatic N) is 4. The summed E-state index contributed by atoms with van der Waals surface area (Å²) in [6.07, 6.45) is 2.16. The van der Waals surface area contributed by atoms with E-state index >= 15 is 0 Å². The number of amides is 1. The minimum absolute atomic E-state index is 0.0151. The standard InChI is InChI=1S/C18H21FN4O3S2/c1-3-9-23-17(13-4-6-14(19)7-5-13)20-21-18(23)27-11-16(24)22(2)15-8-10-28(25,26)12-15/h3-7,15H,1,8-12H2,2H3/t15-/m1/s1. The molecule has 0 saturated carbocycles. The van der Waals surface area contributed by atoms with E-state index in [1.54, 1.807) is 29.8 Å². The van der Waals surface area contributed by atoms with Crippen molar-refractivity contribution in [2.45, 2.75) is 24.2 Å². The molecule has 1 amide bonds. The van der Waals surface area contributed by atoms with Crippen LogP contribution in [0.4, 0.5) is 4.39 Å². The van der Waals surface area contributed by atoms with Gasteiger partial charge < -0.3 is 4.90 Å². The van der Waals surface area contributed by atoms with Gasteiger partial charge in [0.1, 0.15) is 5.82 Å². The Balaban J connectivity index is 1.71. The van der Waals surface area contributed by atoms with Crippen LogP contribution in [0.15, 0.2) is 42.1 Å². The highest BCUT2D eigenvalue weighted by Gasteiger charge is 2.32. The van der Waals surface area contributed by atoms with Gasteiger partial charge >= 0.3 is 0 Å². The maximum absolute atomic E-state index is 13.2. The molecule has 0 radical (unpaired) electrons. The molecule has 3 rings (SSSR count). The first-order valence-corrected chi connectivity index (χ1v) is 11.5. The van der Waals surface area contributed by atoms with E-state index in [9.17, 15) is 17.6 Å². The Hall–Kier alpha value is -2.20. The second kappa shape index (κ2) is 8.44. The molecule has 0 N–H and O–H groups in total. The lowest BCUT2D eigenvalue weighted by molar-refractivity contribution is -0.128. The van der Waals surface area contributed by atoms with Gasteiger partial charge in [0.25, 0.3) is 0 Å². The minimum Gasteiger partial charge on any atom is -0.341 e. The number of carbonyl (C=O) groups is 1. The zero-order chi connectivity index (χ0) is 20.3. The Morgan fingerprint density at radius 2 is 2.11 bits per heavy atom. The summed E-state index contributed by atoms with van der Waals surface area (Å²) in [5.41, 5.74) is 0.710. The number of benzene rings is 1. The quantitative estimate of drug-likeness (QED) is 0.499. The summed E-state index contributed by atoms with van der Waals surface area (Å²) in [4.78, 5) is 14.0. The van der Waals surface area contributed by atoms with E-state index in [0.29, 0.717) is 29.5 Å². The molecule has 1 atom stereocenters. The first kappa shape index (κ1) is 20.5. The summed E-state index contributed by atoms with van der Waals surface area (Å²) < 4.78 is 38.2. The van der Waals surface area contributed by atoms with E-state index in [2.05, 4.69) is 16.8 Å². The topological polar surface area (TPSA) is 85.2 Å². The molecule has 150 valence electrons. The van der Waals surface area contributed by atoms with Crippen LogP contribution in [0.5, 0.6) is 0 Å². The van der Waals surface area contributed by atoms with Gasteiger partial charge in [-0.1, -0.05) is 17.8 Å². The van der Waals surface area contributed by atoms with Gasteiger partial charge in [-0.05, 0) is 30.7 Å². The Morgan fingerprint density at radius 1 is 1.39 bits per heavy atom. The molecule has 0 spiro atoms. The average molecular weight is 425 g/mol. The molecule has 0 aliphatic carbocycles. The van der Waals surface area contributed by atoms with Crippen LogP contribution < -0.4 is 0 Å². The average Bonchev–Trinajstić information content (AvgIpc) is 3.23. The fraction of sp³-hybridized carbons (Fsp3) is 0.389. The molecular formula is C18H21FN4O3S2. The van der Waals surface area contributed by atoms with E-state index in [1.807, 2.05) is 0 Å². The highest BCUT2D eigenvalue weighted by Crippen LogP contribution is 2.25. The molecule has 0 unspecified atom stereocenters. The molecule has 1 fully saturated rings. The molecule has 10 heteroatoms. The Kier molecular flexibility index (Phi) is 6.19. The fourth-order valence-corrected chi connectivity index (χ4v) is 5.66. The van der Waals surface area contributed by atoms with E-state index in [0.717, 1.165) is 0 Å². The van der Waals surface area contributed by atoms with Crippen LogP contribution in [0.2, 0.25) is 0 Å². The van der Waals surface area contributed by atoms with Crippen molar-refractivity contribution in [3.8, 4) is 11.4 Å². The largest absolute Gasteiger partial charge is 0.341 e. The maximum atomic E-state index is 13.2. The van der Waals surface area contributed by atoms with Gasteiger partial charge in [-0.3, -0.25) is 9.36 Å². The van der Waals surface area contributed by atoms with Crippen molar-refractivity contribution in [3.05, 3.63) is 42.7 Å². The second-order valence-electron chi connectivity index (χ2n) is 6.56. The number of thioether (sulfide) groups is 1. The zero-order valence-electron chi connectivity index (χ0n) is 15.4. The molecule has 2 aromatic rings. The smallest absolute Gasteiger partial charge is 0.233 e. The van der Waals surface area contributed by atoms with Crippen LogP contribution >= 0.6 is 11.8 Å². The Labute approximate surface area is 167 Å². The molecular weight excluding hydrogens is 403 g/mol. The normalized spacial score (nSPS) is 18.1. The van der Waals surface area contributed by atoms with Gasteiger partial charge in [-0.15, -0.1) is 16.8 Å². The number of allylic oxidation sites excluding steroid dienone is 1. The number of sulfone groups is 1. The van der Waals surface area contributed by atoms with Crippen LogP contribution in [0.1, 0.15) is 6.42 Å². The highest BCUT2D eigenvalue weighted by atomic mass is 32.2. The lowest BCUT2D eigenvalue weighted by Crippen LogP contribution is -2.38. The fourth-order valence-electron chi connectivity index (χ4n) is 3.01. The first-order valence-electron chi connectivity index (χ1n) is 8.69. The van der Waals surface area contributed by atoms with Crippen molar-refractivity contribution in [1.82, 2.24) is 19.7 Å². The van der Waals surface area contributed by atoms with E-state index in [-0.39, 0.29) is 35.0 Å². The van der Waals surface area contributed by atoms with Gasteiger partial charge in [0.2, 0.25) is 5.91 Å². The van der Waals surface area contributed by atoms with Crippen molar-refractivity contribution in [2.75, 3.05) is 24.3 Å². The van der Waals surface area contributed by atoms with Crippen LogP contribution in [-0.2, 0) is 21.2 Å². The van der Waals surface area contributed by atoms with Crippen LogP contribution in [0.25, 0.3) is 11.4 Å². The van der Waals surface area contributed by atoms with Gasteiger partial charge in [0.05, 0.1) is 17.3 Å². The number of halogens is 1. The Morgan fingerprint density at radius 3 is 2.71 bits per heavy atom. The summed E-state index contributed by atoms with van der Waals surface area (Å²) >= 11 is 1.23. The summed E-state index contributed by atoms with van der Waals surface area (Å²) in [5.74, 6) is 0.314. The number of hydrogen-bond acceptors (Lipinski definition) is 6. The molecule has 1 aliphatic rings. The molecule has 28 heavy (non-hydrogen) atoms. The molecule has 2 heterocycles. The third kappa shape index (κ3) is 4.61. The molecule has 1 aromatic heterocycles. The Bertz CT molecular complexity index is 973. The van der Waals surface area contributed by atoms with Crippen LogP contribution in [0, 0.1) is 5.82 Å². The summed E-state index contributed by atoms with van der Waals surface area (Å²) in [7, 11) is -1.42. The van der Waals surface area contributed by atoms with Gasteiger partial charge in [-0.2, -0.15) is 0 Å². The van der Waals surface area contributed by atoms with Crippen molar-refractivity contribution in [2.24, 2.45) is 0 Å². The van der Waals surface area contributed by atoms with Crippen molar-refractivity contribution < 1.29 is 17.6 Å². The monoisotopic (exact) mass is 424 g/mol. The van der Waals surface area contributed by atoms with Gasteiger partial charge in [0.15, 0.2) is 20.8 Å². The molecule has 7 nitrogen and oxygen atoms in total. The summed E-state index contributed by atoms with van der Waals surface area (Å²) in [5, 5.41) is 8.87. The van der Waals surface area contributed by atoms with Crippen molar-refractivity contribution >= 4 is 27.5 Å². The minimum atomic E-state index is -3.05. The van der Waals surface area contributed by atoms with Gasteiger partial charge in [-0.25, -0.2) is 12.8 Å². The lowest BCUT2D eigenvalue weighted by atomic mass is 10.2. The number of carbonyl (C=O) groups excluding carboxylic acids is 1. The van der Waals surface area contributed by atoms with E-state index < -0.39 is 9.84 Å². The molecule has 0 bridgehead atoms. The molecule has 1 aromatic carbocycles. The number of aromatic nitrogens is 3. The van der Waals surface area contributed by atoms with Crippen molar-refractivity contribution in [1.29, 1.82) is 0 Å². The highest BCUT2D eigenvalue weighted by molar-refractivity contribution is 7.99. The summed E-state index contributed by atoms with van der Waals surface area (Å²) in [6, 6.07) is 5.66. The molecule has 1 aliphatic heterocycles. The van der Waals surface area contributed by atoms with E-state index in [4.69, 9.17) is 0 Å². The zero-order valence-corrected chi connectivity index (χ0v) is 17.0. The maximum Gasteiger partial charge on any atom is 0.233 e. The predicted octanol–water partition coefficient (Wildman–Crippen LogP) is 2.01. The van der Waals surface area contributed by atoms with E-state index in [1.165, 1.54) is 28.8 Å². The molecule has 1 saturated heterocycles. The van der Waals surface area contributed by atoms with Crippen LogP contribution in [0.3, 0.4) is 0 Å². The summed E-state index contributed by atoms with van der Waals surface area (Å²) in [6.45, 7) is 4.17. The second-order valence-corrected chi connectivity index (χ2v) is 9.73. The number of rotatable bonds is 7. The third-order valence-electron chi connectivity index (χ3n) is 4.61. The lowest BCUT2D eigenvalue weighted by Gasteiger charge is -2.23. The SMILES string of the molecule is C=CCn1c(SCC(=O)N(C)[C@@H]2CCS(=O)(=O)C2)nnc1-c1ccc(F)cc1. The third-order valence-corrected chi connectivity index (χ3v) is 7.31. The number of hydrogen-bond donors (Lipinski definition) is 0. The van der Waals surface area contributed by atoms with Crippen molar-refractivity contribution in [3.63, 3.8) is 0 Å². The predicted molar refractivity (Wildman–Crippen MR) is 106 cm³/mol. The van der Waals surface area contributed by atoms with Crippen LogP contribution in [-0.4, -0.2) is 64.3 Å².